The minimum atomic E-state index is -1.40. The second-order valence-electron chi connectivity index (χ2n) is 14.4. The van der Waals surface area contributed by atoms with Crippen molar-refractivity contribution in [1.29, 1.82) is 0 Å². The van der Waals surface area contributed by atoms with Crippen LogP contribution < -0.4 is 0 Å². The summed E-state index contributed by atoms with van der Waals surface area (Å²) >= 11 is 0. The van der Waals surface area contributed by atoms with Crippen LogP contribution in [0.25, 0.3) is 0 Å². The van der Waals surface area contributed by atoms with Gasteiger partial charge in [-0.05, 0) is 57.4 Å². The van der Waals surface area contributed by atoms with E-state index in [9.17, 15) is 19.5 Å². The van der Waals surface area contributed by atoms with Crippen LogP contribution in [0.2, 0.25) is 0 Å². The maximum Gasteiger partial charge on any atom is 0.313 e. The SMILES string of the molecule is CC(C)(C)CC(C)(C)N1CC=C[C@]23O[C@]4(C)/C=C\CCCOC(=O)[C@@H]4[C@H]2C(=O)N([C@@H](CO)Cc2ccccc2)C3C1=O. The lowest BCUT2D eigenvalue weighted by Crippen LogP contribution is -2.62. The van der Waals surface area contributed by atoms with Gasteiger partial charge >= 0.3 is 5.97 Å². The molecule has 4 aliphatic heterocycles. The fourth-order valence-electron chi connectivity index (χ4n) is 8.04. The number of benzene rings is 1. The van der Waals surface area contributed by atoms with Gasteiger partial charge < -0.3 is 24.4 Å². The normalized spacial score (nSPS) is 33.1. The third-order valence-electron chi connectivity index (χ3n) is 9.30. The van der Waals surface area contributed by atoms with Crippen LogP contribution in [0.1, 0.15) is 66.4 Å². The number of nitrogens with zero attached hydrogens (tertiary/aromatic N) is 2. The molecule has 0 bridgehead atoms. The van der Waals surface area contributed by atoms with Crippen LogP contribution in [0.3, 0.4) is 0 Å². The molecule has 1 aromatic carbocycles. The van der Waals surface area contributed by atoms with Crippen molar-refractivity contribution in [2.75, 3.05) is 19.8 Å². The van der Waals surface area contributed by atoms with Crippen LogP contribution in [0.15, 0.2) is 54.6 Å². The second kappa shape index (κ2) is 10.9. The predicted molar refractivity (Wildman–Crippen MR) is 159 cm³/mol. The number of rotatable bonds is 6. The predicted octanol–water partition coefficient (Wildman–Crippen LogP) is 4.07. The number of allylic oxidation sites excluding steroid dienone is 1. The summed E-state index contributed by atoms with van der Waals surface area (Å²) in [5.41, 5.74) is -2.18. The molecular weight excluding hydrogens is 532 g/mol. The third kappa shape index (κ3) is 5.21. The van der Waals surface area contributed by atoms with Crippen molar-refractivity contribution in [2.45, 2.75) is 96.1 Å². The van der Waals surface area contributed by atoms with Crippen molar-refractivity contribution in [1.82, 2.24) is 9.80 Å². The lowest BCUT2D eigenvalue weighted by molar-refractivity contribution is -0.163. The second-order valence-corrected chi connectivity index (χ2v) is 14.4. The highest BCUT2D eigenvalue weighted by molar-refractivity contribution is 5.99. The molecule has 1 N–H and O–H groups in total. The molecule has 1 aromatic rings. The molecule has 0 aromatic heterocycles. The Kier molecular flexibility index (Phi) is 7.94. The average molecular weight is 579 g/mol. The van der Waals surface area contributed by atoms with E-state index in [-0.39, 0.29) is 30.4 Å². The molecule has 1 unspecified atom stereocenters. The van der Waals surface area contributed by atoms with Crippen LogP contribution in [0, 0.1) is 17.3 Å². The van der Waals surface area contributed by atoms with Gasteiger partial charge in [0.25, 0.3) is 0 Å². The highest BCUT2D eigenvalue weighted by Crippen LogP contribution is 2.58. The number of ether oxygens (including phenoxy) is 2. The molecular formula is C34H46N2O6. The van der Waals surface area contributed by atoms with E-state index in [2.05, 4.69) is 34.6 Å². The molecule has 0 aliphatic carbocycles. The van der Waals surface area contributed by atoms with Crippen molar-refractivity contribution in [3.63, 3.8) is 0 Å². The van der Waals surface area contributed by atoms with Crippen molar-refractivity contribution in [3.8, 4) is 0 Å². The van der Waals surface area contributed by atoms with Crippen molar-refractivity contribution in [3.05, 3.63) is 60.2 Å². The number of aliphatic hydroxyl groups excluding tert-OH is 1. The van der Waals surface area contributed by atoms with E-state index in [4.69, 9.17) is 9.47 Å². The molecule has 0 radical (unpaired) electrons. The lowest BCUT2D eigenvalue weighted by Gasteiger charge is -2.45. The topological polar surface area (TPSA) is 96.4 Å². The molecule has 4 aliphatic rings. The van der Waals surface area contributed by atoms with E-state index in [0.29, 0.717) is 25.8 Å². The number of cyclic esters (lactones) is 1. The smallest absolute Gasteiger partial charge is 0.313 e. The summed E-state index contributed by atoms with van der Waals surface area (Å²) in [6.07, 6.45) is 10.1. The number of carbonyl (C=O) groups excluding carboxylic acids is 3. The highest BCUT2D eigenvalue weighted by atomic mass is 16.6. The maximum atomic E-state index is 14.9. The zero-order chi connectivity index (χ0) is 30.5. The van der Waals surface area contributed by atoms with Gasteiger partial charge in [0.05, 0.1) is 30.8 Å². The molecule has 2 fully saturated rings. The standard InChI is InChI=1S/C34H46N2O6/c1-31(2,3)22-32(4,5)35-18-13-17-34-25(26-30(40)41-19-12-8-11-16-33(26,6)42-34)28(38)36(27(34)29(35)39)24(21-37)20-23-14-9-7-10-15-23/h7,9-11,13-17,24-27,37H,8,12,18-22H2,1-6H3/b16-11-/t24-,25+,26+,27?,33-,34+/m1/s1. The Morgan fingerprint density at radius 2 is 1.71 bits per heavy atom. The van der Waals surface area contributed by atoms with Gasteiger partial charge in [-0.3, -0.25) is 14.4 Å². The van der Waals surface area contributed by atoms with E-state index in [1.54, 1.807) is 4.90 Å². The van der Waals surface area contributed by atoms with Crippen molar-refractivity contribution < 1.29 is 29.0 Å². The minimum absolute atomic E-state index is 0.0536. The Morgan fingerprint density at radius 3 is 2.38 bits per heavy atom. The van der Waals surface area contributed by atoms with Crippen LogP contribution in [0.5, 0.6) is 0 Å². The summed E-state index contributed by atoms with van der Waals surface area (Å²) in [6.45, 7) is 12.6. The Bertz CT molecular complexity index is 1270. The Hall–Kier alpha value is -2.97. The molecule has 8 nitrogen and oxygen atoms in total. The average Bonchev–Trinajstić information content (AvgIpc) is 3.25. The molecule has 228 valence electrons. The summed E-state index contributed by atoms with van der Waals surface area (Å²) in [5, 5.41) is 10.7. The first kappa shape index (κ1) is 30.5. The molecule has 2 amide bonds. The van der Waals surface area contributed by atoms with Crippen molar-refractivity contribution >= 4 is 17.8 Å². The van der Waals surface area contributed by atoms with Gasteiger partial charge in [-0.15, -0.1) is 0 Å². The fourth-order valence-corrected chi connectivity index (χ4v) is 8.04. The lowest BCUT2D eigenvalue weighted by atomic mass is 9.74. The van der Waals surface area contributed by atoms with Gasteiger partial charge in [0.1, 0.15) is 17.6 Å². The minimum Gasteiger partial charge on any atom is -0.465 e. The molecule has 6 atom stereocenters. The molecule has 1 spiro atoms. The van der Waals surface area contributed by atoms with E-state index >= 15 is 0 Å². The summed E-state index contributed by atoms with van der Waals surface area (Å²) in [6, 6.07) is 7.89. The molecule has 2 saturated heterocycles. The Morgan fingerprint density at radius 1 is 1.00 bits per heavy atom. The molecule has 4 heterocycles. The summed E-state index contributed by atoms with van der Waals surface area (Å²) in [4.78, 5) is 46.7. The van der Waals surface area contributed by atoms with Gasteiger partial charge in [-0.1, -0.05) is 75.4 Å². The zero-order valence-electron chi connectivity index (χ0n) is 25.8. The van der Waals surface area contributed by atoms with E-state index in [0.717, 1.165) is 12.0 Å². The summed E-state index contributed by atoms with van der Waals surface area (Å²) in [7, 11) is 0. The monoisotopic (exact) mass is 578 g/mol. The van der Waals surface area contributed by atoms with Crippen LogP contribution in [-0.4, -0.2) is 81.3 Å². The zero-order valence-corrected chi connectivity index (χ0v) is 25.8. The highest BCUT2D eigenvalue weighted by Gasteiger charge is 2.75. The first-order valence-electron chi connectivity index (χ1n) is 15.2. The fraction of sp³-hybridized carbons (Fsp3) is 0.618. The third-order valence-corrected chi connectivity index (χ3v) is 9.30. The number of aliphatic hydroxyl groups is 1. The van der Waals surface area contributed by atoms with Gasteiger partial charge in [0, 0.05) is 12.1 Å². The molecule has 42 heavy (non-hydrogen) atoms. The Labute approximate surface area is 249 Å². The molecule has 0 saturated carbocycles. The molecule has 5 rings (SSSR count). The van der Waals surface area contributed by atoms with Gasteiger partial charge in [-0.2, -0.15) is 0 Å². The first-order valence-corrected chi connectivity index (χ1v) is 15.2. The Balaban J connectivity index is 1.66. The van der Waals surface area contributed by atoms with E-state index < -0.39 is 46.6 Å². The van der Waals surface area contributed by atoms with Crippen molar-refractivity contribution in [2.24, 2.45) is 17.3 Å². The number of amides is 2. The quantitative estimate of drug-likeness (QED) is 0.404. The van der Waals surface area contributed by atoms with Crippen LogP contribution in [-0.2, 0) is 30.3 Å². The molecule has 8 heteroatoms. The van der Waals surface area contributed by atoms with E-state index in [1.807, 2.05) is 66.5 Å². The van der Waals surface area contributed by atoms with Gasteiger partial charge in [0.15, 0.2) is 0 Å². The van der Waals surface area contributed by atoms with Crippen LogP contribution >= 0.6 is 0 Å². The maximum absolute atomic E-state index is 14.9. The number of hydrogen-bond donors (Lipinski definition) is 1. The largest absolute Gasteiger partial charge is 0.465 e. The number of likely N-dealkylation sites (tertiary alicyclic amines) is 1. The number of fused-ring (bicyclic) bond motifs is 2. The number of hydrogen-bond acceptors (Lipinski definition) is 6. The van der Waals surface area contributed by atoms with Crippen LogP contribution in [0.4, 0.5) is 0 Å². The first-order chi connectivity index (χ1) is 19.7. The summed E-state index contributed by atoms with van der Waals surface area (Å²) < 4.78 is 12.6. The van der Waals surface area contributed by atoms with E-state index in [1.165, 1.54) is 0 Å². The number of esters is 1. The number of carbonyl (C=O) groups is 3. The van der Waals surface area contributed by atoms with Gasteiger partial charge in [-0.25, -0.2) is 0 Å². The van der Waals surface area contributed by atoms with Gasteiger partial charge in [0.2, 0.25) is 11.8 Å². The summed E-state index contributed by atoms with van der Waals surface area (Å²) in [5.74, 6) is -2.99.